The Hall–Kier alpha value is -3.19. The number of carbonyl (C=O) groups is 1. The third-order valence-corrected chi connectivity index (χ3v) is 5.05. The summed E-state index contributed by atoms with van der Waals surface area (Å²) in [7, 11) is 1.65. The molecule has 4 aromatic rings. The molecular weight excluding hydrogens is 360 g/mol. The lowest BCUT2D eigenvalue weighted by Crippen LogP contribution is -2.29. The SMILES string of the molecule is COc1ccc(C(CNC(=O)c2cnsn2)c2c[nH]c3ccccc23)cc1. The van der Waals surface area contributed by atoms with Crippen LogP contribution in [0.5, 0.6) is 5.75 Å². The van der Waals surface area contributed by atoms with Crippen LogP contribution in [0.1, 0.15) is 27.5 Å². The number of fused-ring (bicyclic) bond motifs is 1. The maximum atomic E-state index is 12.3. The van der Waals surface area contributed by atoms with Crippen molar-refractivity contribution in [1.29, 1.82) is 0 Å². The molecule has 2 aromatic heterocycles. The van der Waals surface area contributed by atoms with Crippen LogP contribution in [-0.4, -0.2) is 33.3 Å². The van der Waals surface area contributed by atoms with E-state index in [0.717, 1.165) is 39.5 Å². The van der Waals surface area contributed by atoms with Crippen molar-refractivity contribution in [2.24, 2.45) is 0 Å². The van der Waals surface area contributed by atoms with Gasteiger partial charge in [0.05, 0.1) is 25.0 Å². The molecule has 7 heteroatoms. The minimum atomic E-state index is -0.220. The highest BCUT2D eigenvalue weighted by atomic mass is 32.1. The molecule has 0 aliphatic heterocycles. The number of carbonyl (C=O) groups excluding carboxylic acids is 1. The summed E-state index contributed by atoms with van der Waals surface area (Å²) in [5, 5.41) is 4.13. The van der Waals surface area contributed by atoms with E-state index in [4.69, 9.17) is 4.74 Å². The summed E-state index contributed by atoms with van der Waals surface area (Å²) in [6, 6.07) is 16.1. The fourth-order valence-corrected chi connectivity index (χ4v) is 3.59. The largest absolute Gasteiger partial charge is 0.497 e. The predicted molar refractivity (Wildman–Crippen MR) is 105 cm³/mol. The second-order valence-corrected chi connectivity index (χ2v) is 6.67. The summed E-state index contributed by atoms with van der Waals surface area (Å²) in [4.78, 5) is 15.7. The summed E-state index contributed by atoms with van der Waals surface area (Å²) in [5.41, 5.74) is 3.64. The van der Waals surface area contributed by atoms with Gasteiger partial charge in [0.2, 0.25) is 0 Å². The molecule has 4 rings (SSSR count). The van der Waals surface area contributed by atoms with Crippen LogP contribution in [0.25, 0.3) is 10.9 Å². The Morgan fingerprint density at radius 2 is 2.04 bits per heavy atom. The van der Waals surface area contributed by atoms with Gasteiger partial charge in [0, 0.05) is 29.6 Å². The second kappa shape index (κ2) is 7.59. The second-order valence-electron chi connectivity index (χ2n) is 6.12. The van der Waals surface area contributed by atoms with Crippen LogP contribution in [-0.2, 0) is 0 Å². The van der Waals surface area contributed by atoms with Crippen molar-refractivity contribution in [1.82, 2.24) is 19.0 Å². The standard InChI is InChI=1S/C20H18N4O2S/c1-26-14-8-6-13(7-9-14)16(10-22-20(25)19-12-23-27-24-19)17-11-21-18-5-3-2-4-15(17)18/h2-9,11-12,16,21H,10H2,1H3,(H,22,25). The molecule has 2 N–H and O–H groups in total. The molecule has 0 aliphatic carbocycles. The fourth-order valence-electron chi connectivity index (χ4n) is 3.18. The van der Waals surface area contributed by atoms with Gasteiger partial charge in [-0.1, -0.05) is 30.3 Å². The monoisotopic (exact) mass is 378 g/mol. The number of hydrogen-bond donors (Lipinski definition) is 2. The molecule has 0 radical (unpaired) electrons. The number of H-pyrrole nitrogens is 1. The molecule has 6 nitrogen and oxygen atoms in total. The number of methoxy groups -OCH3 is 1. The zero-order chi connectivity index (χ0) is 18.6. The van der Waals surface area contributed by atoms with Crippen LogP contribution in [0.3, 0.4) is 0 Å². The maximum absolute atomic E-state index is 12.3. The van der Waals surface area contributed by atoms with Crippen LogP contribution in [0.15, 0.2) is 60.9 Å². The Morgan fingerprint density at radius 1 is 1.22 bits per heavy atom. The summed E-state index contributed by atoms with van der Waals surface area (Å²) >= 11 is 1.02. The summed E-state index contributed by atoms with van der Waals surface area (Å²) in [6.45, 7) is 0.449. The highest BCUT2D eigenvalue weighted by molar-refractivity contribution is 6.99. The van der Waals surface area contributed by atoms with Crippen molar-refractivity contribution >= 4 is 28.5 Å². The summed E-state index contributed by atoms with van der Waals surface area (Å²) < 4.78 is 13.2. The summed E-state index contributed by atoms with van der Waals surface area (Å²) in [6.07, 6.45) is 3.49. The first-order chi connectivity index (χ1) is 13.3. The predicted octanol–water partition coefficient (Wildman–Crippen LogP) is 3.59. The first-order valence-electron chi connectivity index (χ1n) is 8.52. The fraction of sp³-hybridized carbons (Fsp3) is 0.150. The number of para-hydroxylation sites is 1. The number of nitrogens with zero attached hydrogens (tertiary/aromatic N) is 2. The third kappa shape index (κ3) is 3.54. The van der Waals surface area contributed by atoms with Crippen molar-refractivity contribution in [2.45, 2.75) is 5.92 Å². The third-order valence-electron chi connectivity index (χ3n) is 4.58. The smallest absolute Gasteiger partial charge is 0.272 e. The molecule has 1 amide bonds. The Morgan fingerprint density at radius 3 is 2.78 bits per heavy atom. The lowest BCUT2D eigenvalue weighted by atomic mass is 9.90. The molecule has 1 atom stereocenters. The van der Waals surface area contributed by atoms with Gasteiger partial charge in [-0.2, -0.15) is 8.75 Å². The average molecular weight is 378 g/mol. The topological polar surface area (TPSA) is 79.9 Å². The molecule has 2 aromatic carbocycles. The minimum Gasteiger partial charge on any atom is -0.497 e. The molecule has 0 bridgehead atoms. The lowest BCUT2D eigenvalue weighted by Gasteiger charge is -2.18. The van der Waals surface area contributed by atoms with Crippen LogP contribution >= 0.6 is 11.7 Å². The van der Waals surface area contributed by atoms with Crippen molar-refractivity contribution in [3.05, 3.63) is 77.7 Å². The van der Waals surface area contributed by atoms with E-state index in [1.165, 1.54) is 6.20 Å². The number of hydrogen-bond acceptors (Lipinski definition) is 5. The van der Waals surface area contributed by atoms with Gasteiger partial charge in [0.15, 0.2) is 5.69 Å². The first-order valence-corrected chi connectivity index (χ1v) is 9.25. The Labute approximate surface area is 160 Å². The Bertz CT molecular complexity index is 1040. The van der Waals surface area contributed by atoms with Gasteiger partial charge in [-0.15, -0.1) is 0 Å². The van der Waals surface area contributed by atoms with Crippen molar-refractivity contribution in [3.8, 4) is 5.75 Å². The quantitative estimate of drug-likeness (QED) is 0.537. The molecule has 2 heterocycles. The molecule has 0 aliphatic rings. The minimum absolute atomic E-state index is 0.0115. The zero-order valence-corrected chi connectivity index (χ0v) is 15.5. The van der Waals surface area contributed by atoms with E-state index in [1.807, 2.05) is 48.7 Å². The lowest BCUT2D eigenvalue weighted by molar-refractivity contribution is 0.0948. The van der Waals surface area contributed by atoms with Crippen LogP contribution in [0.4, 0.5) is 0 Å². The Balaban J connectivity index is 1.67. The molecule has 136 valence electrons. The van der Waals surface area contributed by atoms with Crippen molar-refractivity contribution in [3.63, 3.8) is 0 Å². The number of amides is 1. The maximum Gasteiger partial charge on any atom is 0.272 e. The molecule has 1 unspecified atom stereocenters. The van der Waals surface area contributed by atoms with E-state index >= 15 is 0 Å². The van der Waals surface area contributed by atoms with Crippen molar-refractivity contribution < 1.29 is 9.53 Å². The van der Waals surface area contributed by atoms with E-state index in [9.17, 15) is 4.79 Å². The van der Waals surface area contributed by atoms with Gasteiger partial charge < -0.3 is 15.0 Å². The molecule has 27 heavy (non-hydrogen) atoms. The molecule has 0 saturated heterocycles. The van der Waals surface area contributed by atoms with E-state index in [-0.39, 0.29) is 11.8 Å². The normalized spacial score (nSPS) is 12.0. The van der Waals surface area contributed by atoms with Gasteiger partial charge in [0.1, 0.15) is 5.75 Å². The number of rotatable bonds is 6. The number of ether oxygens (including phenoxy) is 1. The molecule has 0 saturated carbocycles. The van der Waals surface area contributed by atoms with E-state index in [0.29, 0.717) is 12.2 Å². The van der Waals surface area contributed by atoms with Crippen LogP contribution in [0.2, 0.25) is 0 Å². The number of benzene rings is 2. The van der Waals surface area contributed by atoms with Gasteiger partial charge in [0.25, 0.3) is 5.91 Å². The summed E-state index contributed by atoms with van der Waals surface area (Å²) in [5.74, 6) is 0.568. The van der Waals surface area contributed by atoms with Crippen LogP contribution < -0.4 is 10.1 Å². The number of nitrogens with one attached hydrogen (secondary N) is 2. The number of aromatic amines is 1. The van der Waals surface area contributed by atoms with Gasteiger partial charge in [-0.3, -0.25) is 4.79 Å². The molecular formula is C20H18N4O2S. The zero-order valence-electron chi connectivity index (χ0n) is 14.7. The highest BCUT2D eigenvalue weighted by Crippen LogP contribution is 2.31. The van der Waals surface area contributed by atoms with E-state index in [2.05, 4.69) is 25.1 Å². The first kappa shape index (κ1) is 17.2. The molecule has 0 fully saturated rings. The van der Waals surface area contributed by atoms with E-state index < -0.39 is 0 Å². The Kier molecular flexibility index (Phi) is 4.84. The number of aromatic nitrogens is 3. The van der Waals surface area contributed by atoms with E-state index in [1.54, 1.807) is 7.11 Å². The highest BCUT2D eigenvalue weighted by Gasteiger charge is 2.20. The van der Waals surface area contributed by atoms with Crippen molar-refractivity contribution in [2.75, 3.05) is 13.7 Å². The van der Waals surface area contributed by atoms with Gasteiger partial charge in [-0.05, 0) is 29.3 Å². The molecule has 0 spiro atoms. The van der Waals surface area contributed by atoms with Crippen LogP contribution in [0, 0.1) is 0 Å². The van der Waals surface area contributed by atoms with Gasteiger partial charge in [-0.25, -0.2) is 0 Å². The average Bonchev–Trinajstić information content (AvgIpc) is 3.39. The van der Waals surface area contributed by atoms with Gasteiger partial charge >= 0.3 is 0 Å².